The normalized spacial score (nSPS) is 10.5. The lowest BCUT2D eigenvalue weighted by Gasteiger charge is -2.19. The van der Waals surface area contributed by atoms with E-state index in [1.54, 1.807) is 51.1 Å². The minimum Gasteiger partial charge on any atom is -0.444 e. The number of benzene rings is 1. The van der Waals surface area contributed by atoms with E-state index in [1.165, 1.54) is 6.20 Å². The van der Waals surface area contributed by atoms with Crippen molar-refractivity contribution in [2.45, 2.75) is 26.4 Å². The van der Waals surface area contributed by atoms with Gasteiger partial charge in [-0.3, -0.25) is 5.32 Å². The largest absolute Gasteiger partial charge is 0.444 e. The summed E-state index contributed by atoms with van der Waals surface area (Å²) in [6.07, 6.45) is 0.983. The van der Waals surface area contributed by atoms with Gasteiger partial charge in [-0.25, -0.2) is 9.78 Å². The summed E-state index contributed by atoms with van der Waals surface area (Å²) in [5.41, 5.74) is 1.18. The number of rotatable bonds is 3. The molecule has 118 valence electrons. The van der Waals surface area contributed by atoms with Crippen molar-refractivity contribution in [2.24, 2.45) is 0 Å². The summed E-state index contributed by atoms with van der Waals surface area (Å²) < 4.78 is 5.17. The first-order chi connectivity index (χ1) is 10.9. The standard InChI is InChI=1S/C17H18N4O2/c1-17(2,3)23-16(22)20-13-8-9-15(19-11-13)21-14-7-5-4-6-12(14)10-18/h4-9,11H,1-3H3,(H,19,21)(H,20,22). The number of hydrogen-bond donors (Lipinski definition) is 2. The second kappa shape index (κ2) is 6.79. The molecule has 1 amide bonds. The number of aromatic nitrogens is 1. The van der Waals surface area contributed by atoms with Crippen LogP contribution in [0.3, 0.4) is 0 Å². The molecule has 0 saturated carbocycles. The summed E-state index contributed by atoms with van der Waals surface area (Å²) in [5.74, 6) is 0.572. The van der Waals surface area contributed by atoms with E-state index in [-0.39, 0.29) is 0 Å². The predicted octanol–water partition coefficient (Wildman–Crippen LogP) is 4.04. The zero-order valence-electron chi connectivity index (χ0n) is 13.3. The number of ether oxygens (including phenoxy) is 1. The molecule has 0 radical (unpaired) electrons. The van der Waals surface area contributed by atoms with Crippen LogP contribution in [0.25, 0.3) is 0 Å². The zero-order valence-corrected chi connectivity index (χ0v) is 13.3. The summed E-state index contributed by atoms with van der Waals surface area (Å²) in [5, 5.41) is 14.7. The molecule has 0 spiro atoms. The first-order valence-electron chi connectivity index (χ1n) is 7.09. The highest BCUT2D eigenvalue weighted by Gasteiger charge is 2.16. The molecule has 23 heavy (non-hydrogen) atoms. The smallest absolute Gasteiger partial charge is 0.412 e. The molecule has 1 heterocycles. The van der Waals surface area contributed by atoms with Crippen molar-refractivity contribution in [1.82, 2.24) is 4.98 Å². The van der Waals surface area contributed by atoms with Crippen LogP contribution in [-0.2, 0) is 4.74 Å². The summed E-state index contributed by atoms with van der Waals surface area (Å²) >= 11 is 0. The van der Waals surface area contributed by atoms with Gasteiger partial charge in [0.25, 0.3) is 0 Å². The van der Waals surface area contributed by atoms with Crippen LogP contribution in [0.5, 0.6) is 0 Å². The lowest BCUT2D eigenvalue weighted by atomic mass is 10.2. The lowest BCUT2D eigenvalue weighted by Crippen LogP contribution is -2.27. The van der Waals surface area contributed by atoms with Gasteiger partial charge >= 0.3 is 6.09 Å². The third kappa shape index (κ3) is 5.00. The van der Waals surface area contributed by atoms with Crippen molar-refractivity contribution in [1.29, 1.82) is 5.26 Å². The van der Waals surface area contributed by atoms with Gasteiger partial charge in [0, 0.05) is 0 Å². The van der Waals surface area contributed by atoms with Crippen LogP contribution in [0.2, 0.25) is 0 Å². The second-order valence-electron chi connectivity index (χ2n) is 5.84. The molecule has 0 aliphatic carbocycles. The van der Waals surface area contributed by atoms with Crippen LogP contribution in [0.1, 0.15) is 26.3 Å². The topological polar surface area (TPSA) is 87.0 Å². The fraction of sp³-hybridized carbons (Fsp3) is 0.235. The molecule has 0 saturated heterocycles. The number of para-hydroxylation sites is 1. The number of nitrogens with zero attached hydrogens (tertiary/aromatic N) is 2. The number of nitrogens with one attached hydrogen (secondary N) is 2. The molecule has 0 atom stereocenters. The lowest BCUT2D eigenvalue weighted by molar-refractivity contribution is 0.0636. The number of amides is 1. The third-order valence-corrected chi connectivity index (χ3v) is 2.72. The van der Waals surface area contributed by atoms with Gasteiger partial charge in [0.1, 0.15) is 17.5 Å². The van der Waals surface area contributed by atoms with Gasteiger partial charge in [0.15, 0.2) is 0 Å². The monoisotopic (exact) mass is 310 g/mol. The highest BCUT2D eigenvalue weighted by Crippen LogP contribution is 2.20. The number of nitriles is 1. The number of anilines is 3. The maximum atomic E-state index is 11.7. The van der Waals surface area contributed by atoms with Gasteiger partial charge in [-0.15, -0.1) is 0 Å². The molecule has 0 fully saturated rings. The summed E-state index contributed by atoms with van der Waals surface area (Å²) in [7, 11) is 0. The van der Waals surface area contributed by atoms with E-state index in [0.29, 0.717) is 22.8 Å². The molecule has 6 heteroatoms. The van der Waals surface area contributed by atoms with Crippen molar-refractivity contribution in [2.75, 3.05) is 10.6 Å². The highest BCUT2D eigenvalue weighted by atomic mass is 16.6. The first kappa shape index (κ1) is 16.3. The van der Waals surface area contributed by atoms with Gasteiger partial charge in [0.2, 0.25) is 0 Å². The fourth-order valence-electron chi connectivity index (χ4n) is 1.79. The predicted molar refractivity (Wildman–Crippen MR) is 88.5 cm³/mol. The Labute approximate surface area is 135 Å². The molecule has 0 aliphatic rings. The van der Waals surface area contributed by atoms with Crippen molar-refractivity contribution in [3.05, 3.63) is 48.2 Å². The minimum atomic E-state index is -0.556. The number of hydrogen-bond acceptors (Lipinski definition) is 5. The van der Waals surface area contributed by atoms with Crippen LogP contribution in [0.15, 0.2) is 42.6 Å². The molecule has 2 rings (SSSR count). The van der Waals surface area contributed by atoms with Crippen molar-refractivity contribution < 1.29 is 9.53 Å². The van der Waals surface area contributed by atoms with Crippen LogP contribution >= 0.6 is 0 Å². The summed E-state index contributed by atoms with van der Waals surface area (Å²) in [4.78, 5) is 15.9. The molecule has 0 bridgehead atoms. The molecular weight excluding hydrogens is 292 g/mol. The van der Waals surface area contributed by atoms with Crippen LogP contribution in [0, 0.1) is 11.3 Å². The Hall–Kier alpha value is -3.07. The Bertz CT molecular complexity index is 727. The molecule has 1 aromatic carbocycles. The Morgan fingerprint density at radius 2 is 1.96 bits per heavy atom. The maximum Gasteiger partial charge on any atom is 0.412 e. The van der Waals surface area contributed by atoms with Gasteiger partial charge in [-0.05, 0) is 45.0 Å². The number of pyridine rings is 1. The van der Waals surface area contributed by atoms with Gasteiger partial charge in [0.05, 0.1) is 23.1 Å². The summed E-state index contributed by atoms with van der Waals surface area (Å²) in [6.45, 7) is 5.39. The van der Waals surface area contributed by atoms with E-state index in [1.807, 2.05) is 6.07 Å². The number of carbonyl (C=O) groups is 1. The number of carbonyl (C=O) groups excluding carboxylic acids is 1. The second-order valence-corrected chi connectivity index (χ2v) is 5.84. The van der Waals surface area contributed by atoms with E-state index in [2.05, 4.69) is 21.7 Å². The average Bonchev–Trinajstić information content (AvgIpc) is 2.48. The van der Waals surface area contributed by atoms with Gasteiger partial charge < -0.3 is 10.1 Å². The highest BCUT2D eigenvalue weighted by molar-refractivity contribution is 5.84. The molecular formula is C17H18N4O2. The van der Waals surface area contributed by atoms with E-state index >= 15 is 0 Å². The van der Waals surface area contributed by atoms with Gasteiger partial charge in [-0.1, -0.05) is 12.1 Å². The van der Waals surface area contributed by atoms with E-state index in [0.717, 1.165) is 0 Å². The Morgan fingerprint density at radius 1 is 1.22 bits per heavy atom. The Kier molecular flexibility index (Phi) is 4.82. The first-order valence-corrected chi connectivity index (χ1v) is 7.09. The molecule has 6 nitrogen and oxygen atoms in total. The molecule has 2 aromatic rings. The maximum absolute atomic E-state index is 11.7. The van der Waals surface area contributed by atoms with Crippen LogP contribution in [-0.4, -0.2) is 16.7 Å². The average molecular weight is 310 g/mol. The molecule has 2 N–H and O–H groups in total. The van der Waals surface area contributed by atoms with E-state index < -0.39 is 11.7 Å². The molecule has 0 unspecified atom stereocenters. The molecule has 0 aliphatic heterocycles. The van der Waals surface area contributed by atoms with Crippen molar-refractivity contribution >= 4 is 23.3 Å². The molecule has 1 aromatic heterocycles. The van der Waals surface area contributed by atoms with Crippen LogP contribution < -0.4 is 10.6 Å². The van der Waals surface area contributed by atoms with E-state index in [4.69, 9.17) is 10.00 Å². The van der Waals surface area contributed by atoms with Crippen molar-refractivity contribution in [3.63, 3.8) is 0 Å². The van der Waals surface area contributed by atoms with Crippen LogP contribution in [0.4, 0.5) is 22.0 Å². The Morgan fingerprint density at radius 3 is 2.57 bits per heavy atom. The minimum absolute atomic E-state index is 0.526. The van der Waals surface area contributed by atoms with Gasteiger partial charge in [-0.2, -0.15) is 5.26 Å². The SMILES string of the molecule is CC(C)(C)OC(=O)Nc1ccc(Nc2ccccc2C#N)nc1. The Balaban J connectivity index is 2.03. The summed E-state index contributed by atoms with van der Waals surface area (Å²) in [6, 6.07) is 12.7. The third-order valence-electron chi connectivity index (χ3n) is 2.72. The quantitative estimate of drug-likeness (QED) is 0.893. The zero-order chi connectivity index (χ0) is 16.9. The van der Waals surface area contributed by atoms with Crippen molar-refractivity contribution in [3.8, 4) is 6.07 Å². The van der Waals surface area contributed by atoms with E-state index in [9.17, 15) is 4.79 Å². The fourth-order valence-corrected chi connectivity index (χ4v) is 1.79.